The van der Waals surface area contributed by atoms with Crippen LogP contribution < -0.4 is 0 Å². The molecular formula is C12H9BrN2O2S. The van der Waals surface area contributed by atoms with Crippen molar-refractivity contribution in [2.75, 3.05) is 0 Å². The lowest BCUT2D eigenvalue weighted by Gasteiger charge is -2.02. The van der Waals surface area contributed by atoms with Crippen LogP contribution in [0.4, 0.5) is 5.69 Å². The molecule has 18 heavy (non-hydrogen) atoms. The van der Waals surface area contributed by atoms with E-state index in [2.05, 4.69) is 20.9 Å². The third-order valence-electron chi connectivity index (χ3n) is 2.26. The summed E-state index contributed by atoms with van der Waals surface area (Å²) in [6.07, 6.45) is 3.46. The molecule has 0 saturated carbocycles. The highest BCUT2D eigenvalue weighted by Crippen LogP contribution is 2.29. The van der Waals surface area contributed by atoms with E-state index >= 15 is 0 Å². The fourth-order valence-corrected chi connectivity index (χ4v) is 2.61. The van der Waals surface area contributed by atoms with Crippen molar-refractivity contribution in [3.8, 4) is 0 Å². The first-order valence-electron chi connectivity index (χ1n) is 5.12. The Balaban J connectivity index is 2.11. The number of aromatic nitrogens is 1. The summed E-state index contributed by atoms with van der Waals surface area (Å²) in [6.45, 7) is 0. The summed E-state index contributed by atoms with van der Waals surface area (Å²) >= 11 is 4.79. The number of halogens is 1. The molecule has 0 bridgehead atoms. The number of rotatable bonds is 4. The summed E-state index contributed by atoms with van der Waals surface area (Å²) in [5.41, 5.74) is 1.02. The lowest BCUT2D eigenvalue weighted by atomic mass is 10.2. The van der Waals surface area contributed by atoms with E-state index in [1.54, 1.807) is 36.3 Å². The molecule has 0 amide bonds. The summed E-state index contributed by atoms with van der Waals surface area (Å²) in [5, 5.41) is 10.8. The van der Waals surface area contributed by atoms with Crippen LogP contribution in [0.2, 0.25) is 0 Å². The zero-order valence-corrected chi connectivity index (χ0v) is 11.6. The van der Waals surface area contributed by atoms with Gasteiger partial charge in [-0.3, -0.25) is 15.1 Å². The van der Waals surface area contributed by atoms with E-state index < -0.39 is 0 Å². The number of pyridine rings is 1. The number of hydrogen-bond donors (Lipinski definition) is 0. The van der Waals surface area contributed by atoms with Gasteiger partial charge < -0.3 is 0 Å². The SMILES string of the molecule is O=[N+]([O-])c1cc(CSc2ccncc2)ccc1Br. The van der Waals surface area contributed by atoms with Crippen molar-refractivity contribution in [3.63, 3.8) is 0 Å². The van der Waals surface area contributed by atoms with Crippen molar-refractivity contribution in [2.24, 2.45) is 0 Å². The van der Waals surface area contributed by atoms with Crippen LogP contribution >= 0.6 is 27.7 Å². The first-order chi connectivity index (χ1) is 8.66. The maximum atomic E-state index is 10.8. The van der Waals surface area contributed by atoms with E-state index in [9.17, 15) is 10.1 Å². The molecule has 0 aliphatic heterocycles. The molecule has 1 aromatic heterocycles. The molecule has 0 fully saturated rings. The summed E-state index contributed by atoms with van der Waals surface area (Å²) in [5.74, 6) is 0.693. The van der Waals surface area contributed by atoms with Crippen LogP contribution in [0.25, 0.3) is 0 Å². The average Bonchev–Trinajstić information content (AvgIpc) is 2.38. The average molecular weight is 325 g/mol. The second-order valence-corrected chi connectivity index (χ2v) is 5.42. The molecule has 2 aromatic rings. The minimum absolute atomic E-state index is 0.0998. The van der Waals surface area contributed by atoms with Gasteiger partial charge in [-0.25, -0.2) is 0 Å². The smallest absolute Gasteiger partial charge is 0.265 e. The molecule has 0 radical (unpaired) electrons. The predicted octanol–water partition coefficient (Wildman–Crippen LogP) is 4.04. The summed E-state index contributed by atoms with van der Waals surface area (Å²) in [6, 6.07) is 9.01. The van der Waals surface area contributed by atoms with Gasteiger partial charge in [0.15, 0.2) is 0 Å². The molecule has 0 aliphatic rings. The Labute approximate surface area is 117 Å². The van der Waals surface area contributed by atoms with Crippen LogP contribution in [-0.2, 0) is 5.75 Å². The maximum absolute atomic E-state index is 10.8. The Bertz CT molecular complexity index is 563. The molecule has 0 unspecified atom stereocenters. The monoisotopic (exact) mass is 324 g/mol. The Kier molecular flexibility index (Phi) is 4.33. The van der Waals surface area contributed by atoms with Crippen molar-refractivity contribution < 1.29 is 4.92 Å². The number of hydrogen-bond acceptors (Lipinski definition) is 4. The molecule has 1 aromatic carbocycles. The van der Waals surface area contributed by atoms with Gasteiger partial charge in [-0.2, -0.15) is 0 Å². The van der Waals surface area contributed by atoms with Crippen molar-refractivity contribution in [3.05, 3.63) is 62.9 Å². The van der Waals surface area contributed by atoms with Crippen LogP contribution in [0.15, 0.2) is 52.1 Å². The van der Waals surface area contributed by atoms with E-state index in [0.29, 0.717) is 10.2 Å². The van der Waals surface area contributed by atoms with Crippen molar-refractivity contribution in [1.29, 1.82) is 0 Å². The van der Waals surface area contributed by atoms with E-state index in [0.717, 1.165) is 10.5 Å². The van der Waals surface area contributed by atoms with E-state index in [-0.39, 0.29) is 10.6 Å². The molecule has 0 N–H and O–H groups in total. The lowest BCUT2D eigenvalue weighted by Crippen LogP contribution is -1.91. The van der Waals surface area contributed by atoms with Gasteiger partial charge in [-0.15, -0.1) is 11.8 Å². The highest BCUT2D eigenvalue weighted by atomic mass is 79.9. The third kappa shape index (κ3) is 3.30. The Morgan fingerprint density at radius 1 is 1.28 bits per heavy atom. The molecule has 0 atom stereocenters. The van der Waals surface area contributed by atoms with E-state index in [1.165, 1.54) is 0 Å². The molecular weight excluding hydrogens is 316 g/mol. The molecule has 4 nitrogen and oxygen atoms in total. The molecule has 2 rings (SSSR count). The van der Waals surface area contributed by atoms with Crippen LogP contribution in [0, 0.1) is 10.1 Å². The normalized spacial score (nSPS) is 10.3. The largest absolute Gasteiger partial charge is 0.283 e. The van der Waals surface area contributed by atoms with E-state index in [1.807, 2.05) is 18.2 Å². The van der Waals surface area contributed by atoms with Gasteiger partial charge in [0.05, 0.1) is 9.40 Å². The predicted molar refractivity (Wildman–Crippen MR) is 74.6 cm³/mol. The quantitative estimate of drug-likeness (QED) is 0.483. The number of nitro groups is 1. The second kappa shape index (κ2) is 5.97. The van der Waals surface area contributed by atoms with Crippen LogP contribution in [0.1, 0.15) is 5.56 Å². The van der Waals surface area contributed by atoms with Gasteiger partial charge in [0.1, 0.15) is 0 Å². The van der Waals surface area contributed by atoms with E-state index in [4.69, 9.17) is 0 Å². The first-order valence-corrected chi connectivity index (χ1v) is 6.90. The van der Waals surface area contributed by atoms with Gasteiger partial charge in [0, 0.05) is 29.1 Å². The van der Waals surface area contributed by atoms with Crippen molar-refractivity contribution in [2.45, 2.75) is 10.6 Å². The first kappa shape index (κ1) is 13.0. The van der Waals surface area contributed by atoms with Gasteiger partial charge >= 0.3 is 0 Å². The van der Waals surface area contributed by atoms with Gasteiger partial charge in [-0.05, 0) is 39.7 Å². The second-order valence-electron chi connectivity index (χ2n) is 3.51. The number of thioether (sulfide) groups is 1. The number of nitro benzene ring substituents is 1. The zero-order valence-electron chi connectivity index (χ0n) is 9.25. The molecule has 92 valence electrons. The Hall–Kier alpha value is -1.40. The molecule has 0 saturated heterocycles. The molecule has 0 aliphatic carbocycles. The van der Waals surface area contributed by atoms with Gasteiger partial charge in [0.2, 0.25) is 0 Å². The molecule has 1 heterocycles. The van der Waals surface area contributed by atoms with Gasteiger partial charge in [-0.1, -0.05) is 6.07 Å². The van der Waals surface area contributed by atoms with Crippen LogP contribution in [0.5, 0.6) is 0 Å². The highest BCUT2D eigenvalue weighted by Gasteiger charge is 2.12. The minimum atomic E-state index is -0.384. The zero-order chi connectivity index (χ0) is 13.0. The lowest BCUT2D eigenvalue weighted by molar-refractivity contribution is -0.385. The Morgan fingerprint density at radius 2 is 2.00 bits per heavy atom. The molecule has 0 spiro atoms. The minimum Gasteiger partial charge on any atom is -0.265 e. The third-order valence-corrected chi connectivity index (χ3v) is 4.02. The van der Waals surface area contributed by atoms with Crippen LogP contribution in [-0.4, -0.2) is 9.91 Å². The summed E-state index contributed by atoms with van der Waals surface area (Å²) < 4.78 is 0.505. The van der Waals surface area contributed by atoms with Gasteiger partial charge in [0.25, 0.3) is 5.69 Å². The summed E-state index contributed by atoms with van der Waals surface area (Å²) in [7, 11) is 0. The number of nitrogens with zero attached hydrogens (tertiary/aromatic N) is 2. The highest BCUT2D eigenvalue weighted by molar-refractivity contribution is 9.10. The van der Waals surface area contributed by atoms with Crippen molar-refractivity contribution >= 4 is 33.4 Å². The number of benzene rings is 1. The fourth-order valence-electron chi connectivity index (χ4n) is 1.39. The standard InChI is InChI=1S/C12H9BrN2O2S/c13-11-2-1-9(7-12(11)15(16)17)8-18-10-3-5-14-6-4-10/h1-7H,8H2. The van der Waals surface area contributed by atoms with Crippen LogP contribution in [0.3, 0.4) is 0 Å². The Morgan fingerprint density at radius 3 is 2.67 bits per heavy atom. The van der Waals surface area contributed by atoms with Crippen molar-refractivity contribution in [1.82, 2.24) is 4.98 Å². The maximum Gasteiger partial charge on any atom is 0.283 e. The molecule has 6 heteroatoms. The topological polar surface area (TPSA) is 56.0 Å². The fraction of sp³-hybridized carbons (Fsp3) is 0.0833. The summed E-state index contributed by atoms with van der Waals surface area (Å²) in [4.78, 5) is 15.5.